The predicted octanol–water partition coefficient (Wildman–Crippen LogP) is 5.51. The van der Waals surface area contributed by atoms with Crippen LogP contribution in [0.25, 0.3) is 6.08 Å². The van der Waals surface area contributed by atoms with E-state index in [2.05, 4.69) is 18.0 Å². The van der Waals surface area contributed by atoms with Crippen LogP contribution in [0.5, 0.6) is 0 Å². The molecule has 0 amide bonds. The van der Waals surface area contributed by atoms with Crippen molar-refractivity contribution >= 4 is 29.2 Å². The summed E-state index contributed by atoms with van der Waals surface area (Å²) in [4.78, 5) is 30.7. The molecule has 0 aliphatic carbocycles. The van der Waals surface area contributed by atoms with Gasteiger partial charge in [0.1, 0.15) is 11.9 Å². The van der Waals surface area contributed by atoms with Crippen LogP contribution in [0.2, 0.25) is 0 Å². The number of ether oxygens (including phenoxy) is 1. The molecule has 0 aromatic carbocycles. The number of allylic oxidation sites excluding steroid dienone is 1. The van der Waals surface area contributed by atoms with Crippen LogP contribution < -0.4 is 0 Å². The van der Waals surface area contributed by atoms with Crippen molar-refractivity contribution in [1.29, 1.82) is 0 Å². The van der Waals surface area contributed by atoms with Crippen LogP contribution in [0.4, 0.5) is 0 Å². The maximum Gasteiger partial charge on any atom is 0.309 e. The molecule has 1 aliphatic heterocycles. The van der Waals surface area contributed by atoms with Gasteiger partial charge in [0, 0.05) is 17.2 Å². The molecule has 2 heterocycles. The van der Waals surface area contributed by atoms with Gasteiger partial charge in [0.2, 0.25) is 0 Å². The Morgan fingerprint density at radius 3 is 2.46 bits per heavy atom. The third kappa shape index (κ3) is 7.83. The molecule has 0 fully saturated rings. The minimum atomic E-state index is -1.22. The molecular formula is C28H43NO5S. The summed E-state index contributed by atoms with van der Waals surface area (Å²) in [5.74, 6) is -1.59. The second-order valence-electron chi connectivity index (χ2n) is 10.9. The van der Waals surface area contributed by atoms with Crippen molar-refractivity contribution in [3.05, 3.63) is 33.3 Å². The number of carbonyl (C=O) groups excluding carboxylic acids is 2. The van der Waals surface area contributed by atoms with Gasteiger partial charge in [-0.25, -0.2) is 4.98 Å². The fourth-order valence-corrected chi connectivity index (χ4v) is 5.44. The Balaban J connectivity index is 2.40. The fourth-order valence-electron chi connectivity index (χ4n) is 4.87. The average molecular weight is 506 g/mol. The van der Waals surface area contributed by atoms with Gasteiger partial charge in [0.15, 0.2) is 0 Å². The van der Waals surface area contributed by atoms with Crippen molar-refractivity contribution in [2.24, 2.45) is 23.2 Å². The number of hydrogen-bond donors (Lipinski definition) is 2. The van der Waals surface area contributed by atoms with Gasteiger partial charge in [-0.1, -0.05) is 46.3 Å². The van der Waals surface area contributed by atoms with Crippen molar-refractivity contribution in [2.75, 3.05) is 0 Å². The lowest BCUT2D eigenvalue weighted by Gasteiger charge is -2.34. The zero-order chi connectivity index (χ0) is 26.5. The van der Waals surface area contributed by atoms with E-state index in [1.165, 1.54) is 5.57 Å². The number of carbonyl (C=O) groups is 2. The second-order valence-corrected chi connectivity index (χ2v) is 12.0. The van der Waals surface area contributed by atoms with E-state index >= 15 is 0 Å². The summed E-state index contributed by atoms with van der Waals surface area (Å²) in [6.07, 6.45) is 3.78. The number of esters is 1. The normalized spacial score (nSPS) is 32.2. The number of aromatic nitrogens is 1. The molecule has 0 bridgehead atoms. The Labute approximate surface area is 214 Å². The van der Waals surface area contributed by atoms with Crippen molar-refractivity contribution < 1.29 is 24.5 Å². The maximum absolute atomic E-state index is 13.2. The van der Waals surface area contributed by atoms with Gasteiger partial charge < -0.3 is 14.9 Å². The van der Waals surface area contributed by atoms with Gasteiger partial charge in [0.05, 0.1) is 34.7 Å². The highest BCUT2D eigenvalue weighted by Gasteiger charge is 2.42. The SMILES string of the molecule is CC1=C[C@H](C)[C@@H](C(C)=Cc2csc(C)n2)OC(=O)C[C@H](O)C(C)(C)C(=O)[C@H](C)[C@@H](O)[C@@H](C)CCC1. The third-order valence-corrected chi connectivity index (χ3v) is 8.10. The lowest BCUT2D eigenvalue weighted by molar-refractivity contribution is -0.155. The molecule has 196 valence electrons. The number of Topliss-reactive ketones (excluding diaryl/α,β-unsaturated/α-hetero) is 1. The zero-order valence-electron chi connectivity index (χ0n) is 22.5. The lowest BCUT2D eigenvalue weighted by atomic mass is 9.73. The molecular weight excluding hydrogens is 462 g/mol. The standard InChI is InChI=1S/C28H43NO5S/c1-16-10-9-11-17(2)25(32)20(5)27(33)28(7,8)23(30)14-24(31)34-26(18(3)12-16)19(4)13-22-15-35-21(6)29-22/h12-13,15,17-18,20,23,25-26,30,32H,9-11,14H2,1-8H3/t17-,18-,20+,23-,25-,26-/m0/s1. The Morgan fingerprint density at radius 1 is 1.20 bits per heavy atom. The zero-order valence-corrected chi connectivity index (χ0v) is 23.3. The Kier molecular flexibility index (Phi) is 10.4. The summed E-state index contributed by atoms with van der Waals surface area (Å²) in [6, 6.07) is 0. The molecule has 7 heteroatoms. The molecule has 6 atom stereocenters. The topological polar surface area (TPSA) is 96.7 Å². The number of cyclic esters (lactones) is 1. The van der Waals surface area contributed by atoms with Crippen LogP contribution in [-0.2, 0) is 14.3 Å². The average Bonchev–Trinajstić information content (AvgIpc) is 3.19. The van der Waals surface area contributed by atoms with Crippen LogP contribution in [0.3, 0.4) is 0 Å². The molecule has 35 heavy (non-hydrogen) atoms. The summed E-state index contributed by atoms with van der Waals surface area (Å²) < 4.78 is 5.92. The van der Waals surface area contributed by atoms with Gasteiger partial charge >= 0.3 is 5.97 Å². The summed E-state index contributed by atoms with van der Waals surface area (Å²) in [5.41, 5.74) is 1.69. The van der Waals surface area contributed by atoms with Crippen molar-refractivity contribution in [3.8, 4) is 0 Å². The predicted molar refractivity (Wildman–Crippen MR) is 141 cm³/mol. The second kappa shape index (κ2) is 12.4. The van der Waals surface area contributed by atoms with E-state index in [-0.39, 0.29) is 24.0 Å². The molecule has 0 spiro atoms. The number of hydrogen-bond acceptors (Lipinski definition) is 7. The highest BCUT2D eigenvalue weighted by Crippen LogP contribution is 2.33. The molecule has 0 unspecified atom stereocenters. The van der Waals surface area contributed by atoms with Crippen LogP contribution in [0.1, 0.15) is 84.9 Å². The molecule has 1 aromatic heterocycles. The lowest BCUT2D eigenvalue weighted by Crippen LogP contribution is -2.45. The molecule has 6 nitrogen and oxygen atoms in total. The highest BCUT2D eigenvalue weighted by atomic mass is 32.1. The van der Waals surface area contributed by atoms with E-state index in [0.29, 0.717) is 0 Å². The molecule has 0 saturated heterocycles. The maximum atomic E-state index is 13.2. The van der Waals surface area contributed by atoms with Crippen LogP contribution in [0.15, 0.2) is 22.6 Å². The van der Waals surface area contributed by atoms with E-state index in [1.54, 1.807) is 32.1 Å². The summed E-state index contributed by atoms with van der Waals surface area (Å²) >= 11 is 1.56. The number of aliphatic hydroxyl groups excluding tert-OH is 2. The van der Waals surface area contributed by atoms with Gasteiger partial charge in [0.25, 0.3) is 0 Å². The summed E-state index contributed by atoms with van der Waals surface area (Å²) in [5, 5.41) is 24.6. The first-order chi connectivity index (χ1) is 16.2. The van der Waals surface area contributed by atoms with E-state index in [0.717, 1.165) is 35.5 Å². The van der Waals surface area contributed by atoms with E-state index in [1.807, 2.05) is 39.2 Å². The Bertz CT molecular complexity index is 947. The van der Waals surface area contributed by atoms with Crippen molar-refractivity contribution in [3.63, 3.8) is 0 Å². The largest absolute Gasteiger partial charge is 0.457 e. The number of aryl methyl sites for hydroxylation is 1. The fraction of sp³-hybridized carbons (Fsp3) is 0.679. The van der Waals surface area contributed by atoms with Gasteiger partial charge in [-0.3, -0.25) is 9.59 Å². The molecule has 1 aromatic rings. The minimum absolute atomic E-state index is 0.0514. The van der Waals surface area contributed by atoms with E-state index in [4.69, 9.17) is 4.74 Å². The molecule has 0 radical (unpaired) electrons. The number of ketones is 1. The molecule has 0 saturated carbocycles. The van der Waals surface area contributed by atoms with Gasteiger partial charge in [-0.2, -0.15) is 0 Å². The van der Waals surface area contributed by atoms with Crippen LogP contribution >= 0.6 is 11.3 Å². The van der Waals surface area contributed by atoms with Crippen LogP contribution in [-0.4, -0.2) is 45.3 Å². The molecule has 1 aliphatic rings. The third-order valence-electron chi connectivity index (χ3n) is 7.31. The number of aliphatic hydroxyl groups is 2. The Hall–Kier alpha value is -1.83. The highest BCUT2D eigenvalue weighted by molar-refractivity contribution is 7.09. The quantitative estimate of drug-likeness (QED) is 0.406. The first-order valence-electron chi connectivity index (χ1n) is 12.6. The number of rotatable bonds is 2. The van der Waals surface area contributed by atoms with E-state index < -0.39 is 35.6 Å². The first-order valence-corrected chi connectivity index (χ1v) is 13.5. The van der Waals surface area contributed by atoms with Crippen molar-refractivity contribution in [2.45, 2.75) is 99.4 Å². The molecule has 2 rings (SSSR count). The number of nitrogens with zero attached hydrogens (tertiary/aromatic N) is 1. The summed E-state index contributed by atoms with van der Waals surface area (Å²) in [6.45, 7) is 14.9. The van der Waals surface area contributed by atoms with Gasteiger partial charge in [-0.05, 0) is 57.6 Å². The minimum Gasteiger partial charge on any atom is -0.457 e. The summed E-state index contributed by atoms with van der Waals surface area (Å²) in [7, 11) is 0. The van der Waals surface area contributed by atoms with Crippen molar-refractivity contribution in [1.82, 2.24) is 4.98 Å². The molecule has 2 N–H and O–H groups in total. The number of thiazole rings is 1. The van der Waals surface area contributed by atoms with E-state index in [9.17, 15) is 19.8 Å². The monoisotopic (exact) mass is 505 g/mol. The smallest absolute Gasteiger partial charge is 0.309 e. The first kappa shape index (κ1) is 29.4. The van der Waals surface area contributed by atoms with Gasteiger partial charge in [-0.15, -0.1) is 11.3 Å². The van der Waals surface area contributed by atoms with Crippen LogP contribution in [0, 0.1) is 30.1 Å². The Morgan fingerprint density at radius 2 is 1.86 bits per heavy atom.